The van der Waals surface area contributed by atoms with Crippen LogP contribution in [0.25, 0.3) is 0 Å². The summed E-state index contributed by atoms with van der Waals surface area (Å²) in [5.74, 6) is -1.03. The van der Waals surface area contributed by atoms with Crippen LogP contribution in [-0.4, -0.2) is 13.0 Å². The Balaban J connectivity index is 3.04. The zero-order chi connectivity index (χ0) is 11.4. The van der Waals surface area contributed by atoms with E-state index in [1.54, 1.807) is 0 Å². The lowest BCUT2D eigenvalue weighted by molar-refractivity contribution is 0.381. The highest BCUT2D eigenvalue weighted by Gasteiger charge is 2.15. The van der Waals surface area contributed by atoms with Crippen LogP contribution in [-0.2, 0) is 0 Å². The molecule has 0 amide bonds. The fraction of sp³-hybridized carbons (Fsp3) is 0.400. The number of ether oxygens (including phenoxy) is 1. The van der Waals surface area contributed by atoms with Gasteiger partial charge >= 0.3 is 0 Å². The summed E-state index contributed by atoms with van der Waals surface area (Å²) in [4.78, 5) is 0. The monoisotopic (exact) mass is 235 g/mol. The maximum absolute atomic E-state index is 13.4. The number of methoxy groups -OCH3 is 1. The van der Waals surface area contributed by atoms with Gasteiger partial charge in [-0.05, 0) is 12.5 Å². The minimum Gasteiger partial charge on any atom is -0.494 e. The topological polar surface area (TPSA) is 35.2 Å². The molecule has 2 nitrogen and oxygen atoms in total. The van der Waals surface area contributed by atoms with E-state index in [-0.39, 0.29) is 11.3 Å². The van der Waals surface area contributed by atoms with E-state index in [2.05, 4.69) is 4.74 Å². The van der Waals surface area contributed by atoms with Crippen molar-refractivity contribution in [3.8, 4) is 5.75 Å². The van der Waals surface area contributed by atoms with Crippen molar-refractivity contribution in [2.45, 2.75) is 12.5 Å². The van der Waals surface area contributed by atoms with Crippen molar-refractivity contribution in [1.82, 2.24) is 0 Å². The molecule has 2 N–H and O–H groups in total. The summed E-state index contributed by atoms with van der Waals surface area (Å²) in [5, 5.41) is 0. The van der Waals surface area contributed by atoms with E-state index >= 15 is 0 Å². The van der Waals surface area contributed by atoms with Crippen molar-refractivity contribution in [2.75, 3.05) is 13.0 Å². The molecule has 1 rings (SSSR count). The molecule has 5 heteroatoms. The van der Waals surface area contributed by atoms with Gasteiger partial charge in [0.2, 0.25) is 0 Å². The molecule has 0 saturated heterocycles. The van der Waals surface area contributed by atoms with Crippen molar-refractivity contribution in [3.63, 3.8) is 0 Å². The third-order valence-electron chi connectivity index (χ3n) is 2.09. The van der Waals surface area contributed by atoms with E-state index in [1.807, 2.05) is 0 Å². The Hall–Kier alpha value is -0.870. The highest BCUT2D eigenvalue weighted by Crippen LogP contribution is 2.25. The van der Waals surface area contributed by atoms with Crippen molar-refractivity contribution in [2.24, 2.45) is 5.73 Å². The summed E-state index contributed by atoms with van der Waals surface area (Å²) >= 11 is 5.48. The average molecular weight is 236 g/mol. The van der Waals surface area contributed by atoms with E-state index in [1.165, 1.54) is 7.11 Å². The molecular formula is C10H12ClF2NO. The zero-order valence-corrected chi connectivity index (χ0v) is 9.02. The third-order valence-corrected chi connectivity index (χ3v) is 2.31. The largest absolute Gasteiger partial charge is 0.494 e. The number of benzene rings is 1. The first-order valence-electron chi connectivity index (χ1n) is 4.44. The quantitative estimate of drug-likeness (QED) is 0.815. The van der Waals surface area contributed by atoms with Crippen LogP contribution in [0.15, 0.2) is 12.1 Å². The Kier molecular flexibility index (Phi) is 4.29. The summed E-state index contributed by atoms with van der Waals surface area (Å²) in [6.07, 6.45) is 0.393. The van der Waals surface area contributed by atoms with Gasteiger partial charge in [0.25, 0.3) is 0 Å². The normalized spacial score (nSPS) is 12.6. The van der Waals surface area contributed by atoms with Gasteiger partial charge in [-0.3, -0.25) is 0 Å². The summed E-state index contributed by atoms with van der Waals surface area (Å²) < 4.78 is 31.3. The lowest BCUT2D eigenvalue weighted by atomic mass is 10.0. The standard InChI is InChI=1S/C10H12ClF2NO/c1-15-10-5-7(12)6(4-8(10)13)9(14)2-3-11/h4-5,9H,2-3,14H2,1H3. The summed E-state index contributed by atoms with van der Waals surface area (Å²) in [5.41, 5.74) is 5.75. The number of hydrogen-bond acceptors (Lipinski definition) is 2. The number of alkyl halides is 1. The van der Waals surface area contributed by atoms with E-state index < -0.39 is 17.7 Å². The molecule has 1 unspecified atom stereocenters. The van der Waals surface area contributed by atoms with Crippen LogP contribution in [0.4, 0.5) is 8.78 Å². The maximum Gasteiger partial charge on any atom is 0.165 e. The van der Waals surface area contributed by atoms with E-state index in [0.29, 0.717) is 12.3 Å². The van der Waals surface area contributed by atoms with E-state index in [9.17, 15) is 8.78 Å². The Morgan fingerprint density at radius 2 is 2.07 bits per heavy atom. The molecular weight excluding hydrogens is 224 g/mol. The fourth-order valence-corrected chi connectivity index (χ4v) is 1.49. The van der Waals surface area contributed by atoms with Crippen LogP contribution >= 0.6 is 11.6 Å². The third kappa shape index (κ3) is 2.79. The van der Waals surface area contributed by atoms with Gasteiger partial charge in [0.05, 0.1) is 7.11 Å². The van der Waals surface area contributed by atoms with Gasteiger partial charge in [0.15, 0.2) is 11.6 Å². The van der Waals surface area contributed by atoms with Gasteiger partial charge in [-0.1, -0.05) is 0 Å². The van der Waals surface area contributed by atoms with Gasteiger partial charge in [0.1, 0.15) is 5.82 Å². The van der Waals surface area contributed by atoms with Crippen LogP contribution in [0.1, 0.15) is 18.0 Å². The second-order valence-corrected chi connectivity index (χ2v) is 3.47. The molecule has 0 fully saturated rings. The van der Waals surface area contributed by atoms with Crippen LogP contribution < -0.4 is 10.5 Å². The first-order valence-corrected chi connectivity index (χ1v) is 4.98. The van der Waals surface area contributed by atoms with E-state index in [4.69, 9.17) is 17.3 Å². The van der Waals surface area contributed by atoms with Gasteiger partial charge in [0, 0.05) is 23.6 Å². The molecule has 0 radical (unpaired) electrons. The van der Waals surface area contributed by atoms with Crippen LogP contribution in [0.2, 0.25) is 0 Å². The van der Waals surface area contributed by atoms with Crippen molar-refractivity contribution < 1.29 is 13.5 Å². The summed E-state index contributed by atoms with van der Waals surface area (Å²) in [6, 6.07) is 1.44. The number of hydrogen-bond donors (Lipinski definition) is 1. The highest BCUT2D eigenvalue weighted by atomic mass is 35.5. The molecule has 0 aliphatic rings. The lowest BCUT2D eigenvalue weighted by Gasteiger charge is -2.12. The lowest BCUT2D eigenvalue weighted by Crippen LogP contribution is -2.13. The smallest absolute Gasteiger partial charge is 0.165 e. The van der Waals surface area contributed by atoms with Crippen molar-refractivity contribution in [1.29, 1.82) is 0 Å². The Labute approximate surface area is 92.0 Å². The molecule has 1 aromatic rings. The molecule has 0 bridgehead atoms. The number of nitrogens with two attached hydrogens (primary N) is 1. The van der Waals surface area contributed by atoms with Gasteiger partial charge in [-0.25, -0.2) is 8.78 Å². The van der Waals surface area contributed by atoms with Crippen molar-refractivity contribution >= 4 is 11.6 Å². The van der Waals surface area contributed by atoms with Crippen molar-refractivity contribution in [3.05, 3.63) is 29.3 Å². The predicted octanol–water partition coefficient (Wildman–Crippen LogP) is 2.60. The van der Waals surface area contributed by atoms with E-state index in [0.717, 1.165) is 12.1 Å². The molecule has 1 aromatic carbocycles. The summed E-state index contributed by atoms with van der Waals surface area (Å²) in [7, 11) is 1.27. The number of halogens is 3. The predicted molar refractivity (Wildman–Crippen MR) is 55.2 cm³/mol. The van der Waals surface area contributed by atoms with Gasteiger partial charge in [-0.15, -0.1) is 11.6 Å². The Morgan fingerprint density at radius 3 is 2.60 bits per heavy atom. The molecule has 0 aliphatic heterocycles. The SMILES string of the molecule is COc1cc(F)c(C(N)CCCl)cc1F. The maximum atomic E-state index is 13.4. The minimum absolute atomic E-state index is 0.119. The van der Waals surface area contributed by atoms with Gasteiger partial charge < -0.3 is 10.5 Å². The molecule has 0 heterocycles. The molecule has 1 atom stereocenters. The zero-order valence-electron chi connectivity index (χ0n) is 8.27. The minimum atomic E-state index is -0.626. The van der Waals surface area contributed by atoms with Crippen LogP contribution in [0.5, 0.6) is 5.75 Å². The highest BCUT2D eigenvalue weighted by molar-refractivity contribution is 6.17. The Bertz CT molecular complexity index is 346. The van der Waals surface area contributed by atoms with Gasteiger partial charge in [-0.2, -0.15) is 0 Å². The first-order chi connectivity index (χ1) is 7.10. The molecule has 0 saturated carbocycles. The van der Waals surface area contributed by atoms with Crippen LogP contribution in [0.3, 0.4) is 0 Å². The molecule has 84 valence electrons. The Morgan fingerprint density at radius 1 is 1.40 bits per heavy atom. The average Bonchev–Trinajstić information content (AvgIpc) is 2.21. The van der Waals surface area contributed by atoms with Crippen LogP contribution in [0, 0.1) is 11.6 Å². The first kappa shape index (κ1) is 12.2. The second kappa shape index (κ2) is 5.28. The number of rotatable bonds is 4. The second-order valence-electron chi connectivity index (χ2n) is 3.09. The summed E-state index contributed by atoms with van der Waals surface area (Å²) in [6.45, 7) is 0. The molecule has 0 spiro atoms. The molecule has 0 aliphatic carbocycles. The fourth-order valence-electron chi connectivity index (χ4n) is 1.26. The molecule has 15 heavy (non-hydrogen) atoms. The molecule has 0 aromatic heterocycles.